The van der Waals surface area contributed by atoms with Crippen LogP contribution in [0.1, 0.15) is 43.7 Å². The molecule has 2 aromatic rings. The Morgan fingerprint density at radius 2 is 1.94 bits per heavy atom. The van der Waals surface area contributed by atoms with E-state index in [0.717, 1.165) is 0 Å². The Morgan fingerprint density at radius 3 is 2.59 bits per heavy atom. The second kappa shape index (κ2) is 7.49. The molecule has 3 aliphatic rings. The van der Waals surface area contributed by atoms with Crippen molar-refractivity contribution in [3.63, 3.8) is 0 Å². The van der Waals surface area contributed by atoms with E-state index in [2.05, 4.69) is 21.1 Å². The summed E-state index contributed by atoms with van der Waals surface area (Å²) in [6.07, 6.45) is -1.18. The van der Waals surface area contributed by atoms with Gasteiger partial charge in [-0.25, -0.2) is 9.18 Å². The molecule has 3 atom stereocenters. The van der Waals surface area contributed by atoms with Crippen LogP contribution in [0.25, 0.3) is 11.0 Å². The van der Waals surface area contributed by atoms with Crippen molar-refractivity contribution in [1.29, 1.82) is 0 Å². The number of imide groups is 2. The van der Waals surface area contributed by atoms with Crippen LogP contribution in [-0.4, -0.2) is 59.7 Å². The molecular formula is C22H24FN5O6. The first-order chi connectivity index (χ1) is 16.0. The quantitative estimate of drug-likeness (QED) is 0.548. The number of amides is 5. The van der Waals surface area contributed by atoms with Crippen molar-refractivity contribution in [2.75, 3.05) is 11.4 Å². The molecular weight excluding hydrogens is 449 g/mol. The zero-order valence-corrected chi connectivity index (χ0v) is 19.0. The van der Waals surface area contributed by atoms with Crippen LogP contribution in [0, 0.1) is 11.2 Å². The summed E-state index contributed by atoms with van der Waals surface area (Å²) in [6.45, 7) is 7.24. The lowest BCUT2D eigenvalue weighted by molar-refractivity contribution is -0.153. The molecule has 3 aliphatic heterocycles. The normalized spacial score (nSPS) is 25.8. The number of nitrogens with one attached hydrogen (secondary N) is 3. The van der Waals surface area contributed by atoms with Gasteiger partial charge in [0.15, 0.2) is 16.9 Å². The number of halogens is 1. The fourth-order valence-electron chi connectivity index (χ4n) is 5.44. The third-order valence-electron chi connectivity index (χ3n) is 6.60. The Hall–Kier alpha value is -3.54. The molecule has 1 aromatic carbocycles. The molecule has 3 N–H and O–H groups in total. The van der Waals surface area contributed by atoms with Crippen molar-refractivity contribution in [2.45, 2.75) is 58.4 Å². The molecule has 34 heavy (non-hydrogen) atoms. The average molecular weight is 473 g/mol. The molecule has 0 aliphatic carbocycles. The summed E-state index contributed by atoms with van der Waals surface area (Å²) >= 11 is 0. The van der Waals surface area contributed by atoms with Gasteiger partial charge in [-0.1, -0.05) is 5.16 Å². The SMILES string of the molecule is CC(C)NC(=O)c1noc2c(F)c3c(cc12)CC1(C(=O)NC(=O)NC1=O)[C@@H]1[C@@H](C)O[C@H](C)CN31. The maximum atomic E-state index is 15.9. The van der Waals surface area contributed by atoms with E-state index in [-0.39, 0.29) is 47.5 Å². The molecule has 0 bridgehead atoms. The smallest absolute Gasteiger partial charge is 0.328 e. The molecule has 2 fully saturated rings. The molecule has 12 heteroatoms. The summed E-state index contributed by atoms with van der Waals surface area (Å²) in [6, 6.07) is -0.458. The van der Waals surface area contributed by atoms with Gasteiger partial charge in [0.25, 0.3) is 5.91 Å². The van der Waals surface area contributed by atoms with Gasteiger partial charge in [0.05, 0.1) is 29.3 Å². The number of fused-ring (bicyclic) bond motifs is 5. The van der Waals surface area contributed by atoms with E-state index in [1.807, 2.05) is 0 Å². The van der Waals surface area contributed by atoms with Gasteiger partial charge >= 0.3 is 6.03 Å². The molecule has 1 spiro atoms. The van der Waals surface area contributed by atoms with Crippen molar-refractivity contribution in [3.05, 3.63) is 23.1 Å². The number of carbonyl (C=O) groups excluding carboxylic acids is 4. The number of urea groups is 1. The number of ether oxygens (including phenoxy) is 1. The molecule has 4 heterocycles. The van der Waals surface area contributed by atoms with Crippen LogP contribution in [-0.2, 0) is 20.7 Å². The van der Waals surface area contributed by atoms with Crippen LogP contribution in [0.15, 0.2) is 10.6 Å². The minimum atomic E-state index is -1.75. The monoisotopic (exact) mass is 473 g/mol. The van der Waals surface area contributed by atoms with E-state index in [9.17, 15) is 19.2 Å². The van der Waals surface area contributed by atoms with Gasteiger partial charge in [-0.05, 0) is 39.3 Å². The Morgan fingerprint density at radius 1 is 1.26 bits per heavy atom. The lowest BCUT2D eigenvalue weighted by Crippen LogP contribution is -2.75. The van der Waals surface area contributed by atoms with Crippen LogP contribution in [0.2, 0.25) is 0 Å². The van der Waals surface area contributed by atoms with E-state index >= 15 is 4.39 Å². The molecule has 5 amide bonds. The second-order valence-electron chi connectivity index (χ2n) is 9.37. The molecule has 5 rings (SSSR count). The number of hydrogen-bond donors (Lipinski definition) is 3. The molecule has 0 unspecified atom stereocenters. The van der Waals surface area contributed by atoms with Gasteiger partial charge in [-0.3, -0.25) is 25.0 Å². The maximum Gasteiger partial charge on any atom is 0.328 e. The minimum absolute atomic E-state index is 0.0991. The molecule has 2 saturated heterocycles. The van der Waals surface area contributed by atoms with Crippen molar-refractivity contribution >= 4 is 40.4 Å². The Bertz CT molecular complexity index is 1240. The fourth-order valence-corrected chi connectivity index (χ4v) is 5.44. The zero-order valence-electron chi connectivity index (χ0n) is 19.0. The van der Waals surface area contributed by atoms with Crippen molar-refractivity contribution in [3.8, 4) is 0 Å². The van der Waals surface area contributed by atoms with Gasteiger partial charge in [-0.15, -0.1) is 0 Å². The van der Waals surface area contributed by atoms with E-state index in [1.54, 1.807) is 32.6 Å². The number of nitrogens with zero attached hydrogens (tertiary/aromatic N) is 2. The highest BCUT2D eigenvalue weighted by Crippen LogP contribution is 2.49. The highest BCUT2D eigenvalue weighted by molar-refractivity contribution is 6.20. The van der Waals surface area contributed by atoms with Crippen LogP contribution in [0.5, 0.6) is 0 Å². The molecule has 180 valence electrons. The van der Waals surface area contributed by atoms with Crippen LogP contribution < -0.4 is 20.9 Å². The lowest BCUT2D eigenvalue weighted by atomic mass is 9.66. The molecule has 1 aromatic heterocycles. The third-order valence-corrected chi connectivity index (χ3v) is 6.60. The lowest BCUT2D eigenvalue weighted by Gasteiger charge is -2.55. The number of hydrogen-bond acceptors (Lipinski definition) is 8. The largest absolute Gasteiger partial charge is 0.372 e. The van der Waals surface area contributed by atoms with Gasteiger partial charge in [0.2, 0.25) is 17.4 Å². The summed E-state index contributed by atoms with van der Waals surface area (Å²) in [5.41, 5.74) is -1.56. The van der Waals surface area contributed by atoms with E-state index < -0.39 is 47.1 Å². The number of barbiturate groups is 1. The predicted octanol–water partition coefficient (Wildman–Crippen LogP) is 0.996. The number of aromatic nitrogens is 1. The molecule has 0 saturated carbocycles. The Kier molecular flexibility index (Phi) is 4.90. The number of rotatable bonds is 2. The first-order valence-corrected chi connectivity index (χ1v) is 11.0. The van der Waals surface area contributed by atoms with Crippen LogP contribution >= 0.6 is 0 Å². The number of carbonyl (C=O) groups is 4. The topological polar surface area (TPSA) is 143 Å². The van der Waals surface area contributed by atoms with Crippen LogP contribution in [0.3, 0.4) is 0 Å². The highest BCUT2D eigenvalue weighted by Gasteiger charge is 2.63. The van der Waals surface area contributed by atoms with Gasteiger partial charge < -0.3 is 19.5 Å². The van der Waals surface area contributed by atoms with E-state index in [4.69, 9.17) is 9.26 Å². The third kappa shape index (κ3) is 3.01. The van der Waals surface area contributed by atoms with Gasteiger partial charge in [0, 0.05) is 19.0 Å². The second-order valence-corrected chi connectivity index (χ2v) is 9.37. The standard InChI is InChI=1S/C22H24FN5O6/c1-8(2)24-18(29)14-12-5-11-6-22(19(30)25-21(32)26-20(22)31)17-10(4)33-9(3)7-28(17)15(11)13(23)16(12)34-27-14/h5,8-10,17H,6-7H2,1-4H3,(H,24,29)(H2,25,26,30,31,32)/t9-,10-,17+/m1/s1. The summed E-state index contributed by atoms with van der Waals surface area (Å²) in [4.78, 5) is 52.5. The fraction of sp³-hybridized carbons (Fsp3) is 0.500. The molecule has 11 nitrogen and oxygen atoms in total. The average Bonchev–Trinajstić information content (AvgIpc) is 3.15. The Labute approximate surface area is 193 Å². The summed E-state index contributed by atoms with van der Waals surface area (Å²) in [5, 5.41) is 11.0. The minimum Gasteiger partial charge on any atom is -0.372 e. The van der Waals surface area contributed by atoms with Crippen molar-refractivity contribution in [1.82, 2.24) is 21.1 Å². The van der Waals surface area contributed by atoms with Crippen molar-refractivity contribution < 1.29 is 32.8 Å². The first-order valence-electron chi connectivity index (χ1n) is 11.0. The first kappa shape index (κ1) is 22.3. The Balaban J connectivity index is 1.73. The predicted molar refractivity (Wildman–Crippen MR) is 116 cm³/mol. The summed E-state index contributed by atoms with van der Waals surface area (Å²) < 4.78 is 27.1. The zero-order chi connectivity index (χ0) is 24.5. The van der Waals surface area contributed by atoms with E-state index in [0.29, 0.717) is 5.56 Å². The highest BCUT2D eigenvalue weighted by atomic mass is 19.1. The maximum absolute atomic E-state index is 15.9. The number of morpholine rings is 1. The summed E-state index contributed by atoms with van der Waals surface area (Å²) in [7, 11) is 0. The number of benzene rings is 1. The van der Waals surface area contributed by atoms with E-state index in [1.165, 1.54) is 6.07 Å². The summed E-state index contributed by atoms with van der Waals surface area (Å²) in [5.74, 6) is -2.84. The van der Waals surface area contributed by atoms with Crippen LogP contribution in [0.4, 0.5) is 14.9 Å². The number of anilines is 1. The van der Waals surface area contributed by atoms with Gasteiger partial charge in [-0.2, -0.15) is 0 Å². The van der Waals surface area contributed by atoms with Gasteiger partial charge in [0.1, 0.15) is 0 Å². The molecule has 0 radical (unpaired) electrons. The van der Waals surface area contributed by atoms with Crippen molar-refractivity contribution in [2.24, 2.45) is 5.41 Å².